The SMILES string of the molecule is CCCNC(CCC(C)C)Cc1cccnc1N. The zero-order valence-corrected chi connectivity index (χ0v) is 11.9. The Labute approximate surface area is 111 Å². The van der Waals surface area contributed by atoms with Crippen LogP contribution < -0.4 is 11.1 Å². The van der Waals surface area contributed by atoms with Crippen LogP contribution in [0.1, 0.15) is 45.6 Å². The molecule has 1 atom stereocenters. The number of nitrogens with one attached hydrogen (secondary N) is 1. The molecule has 0 amide bonds. The summed E-state index contributed by atoms with van der Waals surface area (Å²) < 4.78 is 0. The predicted molar refractivity (Wildman–Crippen MR) is 78.5 cm³/mol. The van der Waals surface area contributed by atoms with Crippen LogP contribution in [0.4, 0.5) is 5.82 Å². The van der Waals surface area contributed by atoms with Crippen molar-refractivity contribution in [2.75, 3.05) is 12.3 Å². The maximum atomic E-state index is 5.91. The van der Waals surface area contributed by atoms with E-state index in [1.165, 1.54) is 19.3 Å². The fourth-order valence-corrected chi connectivity index (χ4v) is 2.05. The monoisotopic (exact) mass is 249 g/mol. The van der Waals surface area contributed by atoms with Crippen LogP contribution in [0, 0.1) is 5.92 Å². The summed E-state index contributed by atoms with van der Waals surface area (Å²) in [5, 5.41) is 3.62. The van der Waals surface area contributed by atoms with Gasteiger partial charge in [-0.05, 0) is 49.8 Å². The van der Waals surface area contributed by atoms with E-state index in [-0.39, 0.29) is 0 Å². The summed E-state index contributed by atoms with van der Waals surface area (Å²) >= 11 is 0. The first kappa shape index (κ1) is 15.0. The molecule has 1 aromatic rings. The lowest BCUT2D eigenvalue weighted by Crippen LogP contribution is -2.32. The molecule has 3 nitrogen and oxygen atoms in total. The minimum Gasteiger partial charge on any atom is -0.383 e. The Balaban J connectivity index is 2.56. The van der Waals surface area contributed by atoms with Crippen molar-refractivity contribution in [3.63, 3.8) is 0 Å². The Hall–Kier alpha value is -1.09. The number of hydrogen-bond donors (Lipinski definition) is 2. The zero-order valence-electron chi connectivity index (χ0n) is 11.9. The molecule has 0 saturated heterocycles. The van der Waals surface area contributed by atoms with Crippen molar-refractivity contribution in [1.29, 1.82) is 0 Å². The molecule has 0 bridgehead atoms. The topological polar surface area (TPSA) is 50.9 Å². The summed E-state index contributed by atoms with van der Waals surface area (Å²) in [6.45, 7) is 7.82. The summed E-state index contributed by atoms with van der Waals surface area (Å²) in [5.74, 6) is 1.42. The van der Waals surface area contributed by atoms with E-state index in [0.717, 1.165) is 24.4 Å². The van der Waals surface area contributed by atoms with Gasteiger partial charge in [0, 0.05) is 12.2 Å². The van der Waals surface area contributed by atoms with Gasteiger partial charge < -0.3 is 11.1 Å². The van der Waals surface area contributed by atoms with Crippen LogP contribution in [-0.4, -0.2) is 17.6 Å². The van der Waals surface area contributed by atoms with Crippen molar-refractivity contribution in [2.24, 2.45) is 5.92 Å². The minimum absolute atomic E-state index is 0.513. The number of nitrogens with zero attached hydrogens (tertiary/aromatic N) is 1. The minimum atomic E-state index is 0.513. The number of pyridine rings is 1. The Morgan fingerprint density at radius 2 is 2.11 bits per heavy atom. The molecule has 18 heavy (non-hydrogen) atoms. The van der Waals surface area contributed by atoms with Crippen LogP contribution in [0.15, 0.2) is 18.3 Å². The number of rotatable bonds is 8. The first-order valence-corrected chi connectivity index (χ1v) is 7.06. The van der Waals surface area contributed by atoms with Crippen LogP contribution >= 0.6 is 0 Å². The summed E-state index contributed by atoms with van der Waals surface area (Å²) in [6.07, 6.45) is 6.35. The molecule has 0 radical (unpaired) electrons. The van der Waals surface area contributed by atoms with Gasteiger partial charge in [-0.1, -0.05) is 26.8 Å². The van der Waals surface area contributed by atoms with Gasteiger partial charge in [0.2, 0.25) is 0 Å². The quantitative estimate of drug-likeness (QED) is 0.744. The molecule has 0 fully saturated rings. The molecular formula is C15H27N3. The molecule has 0 aliphatic carbocycles. The zero-order chi connectivity index (χ0) is 13.4. The smallest absolute Gasteiger partial charge is 0.126 e. The fraction of sp³-hybridized carbons (Fsp3) is 0.667. The summed E-state index contributed by atoms with van der Waals surface area (Å²) in [6, 6.07) is 4.56. The normalized spacial score (nSPS) is 12.9. The average Bonchev–Trinajstić information content (AvgIpc) is 2.35. The van der Waals surface area contributed by atoms with Gasteiger partial charge in [0.25, 0.3) is 0 Å². The second kappa shape index (κ2) is 8.09. The molecule has 1 heterocycles. The van der Waals surface area contributed by atoms with E-state index < -0.39 is 0 Å². The van der Waals surface area contributed by atoms with E-state index in [4.69, 9.17) is 5.73 Å². The van der Waals surface area contributed by atoms with Gasteiger partial charge in [-0.15, -0.1) is 0 Å². The second-order valence-corrected chi connectivity index (χ2v) is 5.37. The molecule has 1 rings (SSSR count). The van der Waals surface area contributed by atoms with Crippen molar-refractivity contribution < 1.29 is 0 Å². The van der Waals surface area contributed by atoms with Crippen LogP contribution in [0.3, 0.4) is 0 Å². The van der Waals surface area contributed by atoms with E-state index in [1.807, 2.05) is 6.07 Å². The van der Waals surface area contributed by atoms with E-state index in [1.54, 1.807) is 6.20 Å². The average molecular weight is 249 g/mol. The molecule has 1 unspecified atom stereocenters. The van der Waals surface area contributed by atoms with Gasteiger partial charge in [0.15, 0.2) is 0 Å². The van der Waals surface area contributed by atoms with Gasteiger partial charge >= 0.3 is 0 Å². The third-order valence-corrected chi connectivity index (χ3v) is 3.17. The van der Waals surface area contributed by atoms with Gasteiger partial charge in [-0.3, -0.25) is 0 Å². The highest BCUT2D eigenvalue weighted by atomic mass is 14.9. The third-order valence-electron chi connectivity index (χ3n) is 3.17. The Bertz CT molecular complexity index is 336. The molecule has 3 N–H and O–H groups in total. The molecule has 102 valence electrons. The molecule has 0 aromatic carbocycles. The van der Waals surface area contributed by atoms with E-state index in [2.05, 4.69) is 37.1 Å². The highest BCUT2D eigenvalue weighted by molar-refractivity contribution is 5.38. The molecular weight excluding hydrogens is 222 g/mol. The Kier molecular flexibility index (Phi) is 6.73. The van der Waals surface area contributed by atoms with Gasteiger partial charge in [0.05, 0.1) is 0 Å². The van der Waals surface area contributed by atoms with Crippen LogP contribution in [0.2, 0.25) is 0 Å². The third kappa shape index (κ3) is 5.50. The van der Waals surface area contributed by atoms with Crippen LogP contribution in [-0.2, 0) is 6.42 Å². The molecule has 3 heteroatoms. The maximum absolute atomic E-state index is 5.91. The first-order valence-electron chi connectivity index (χ1n) is 7.06. The van der Waals surface area contributed by atoms with E-state index in [9.17, 15) is 0 Å². The lowest BCUT2D eigenvalue weighted by molar-refractivity contribution is 0.427. The number of nitrogens with two attached hydrogens (primary N) is 1. The van der Waals surface area contributed by atoms with Crippen LogP contribution in [0.5, 0.6) is 0 Å². The molecule has 0 aliphatic rings. The lowest BCUT2D eigenvalue weighted by atomic mass is 9.98. The summed E-state index contributed by atoms with van der Waals surface area (Å²) in [4.78, 5) is 4.16. The summed E-state index contributed by atoms with van der Waals surface area (Å²) in [5.41, 5.74) is 7.08. The number of hydrogen-bond acceptors (Lipinski definition) is 3. The van der Waals surface area contributed by atoms with Crippen molar-refractivity contribution in [2.45, 2.75) is 52.5 Å². The Morgan fingerprint density at radius 1 is 1.33 bits per heavy atom. The van der Waals surface area contributed by atoms with Crippen molar-refractivity contribution >= 4 is 5.82 Å². The lowest BCUT2D eigenvalue weighted by Gasteiger charge is -2.20. The molecule has 0 saturated carbocycles. The van der Waals surface area contributed by atoms with Gasteiger partial charge in [-0.25, -0.2) is 4.98 Å². The Morgan fingerprint density at radius 3 is 2.72 bits per heavy atom. The number of aromatic nitrogens is 1. The number of anilines is 1. The molecule has 0 spiro atoms. The molecule has 0 aliphatic heterocycles. The van der Waals surface area contributed by atoms with Crippen molar-refractivity contribution in [3.05, 3.63) is 23.9 Å². The van der Waals surface area contributed by atoms with Crippen molar-refractivity contribution in [3.8, 4) is 0 Å². The molecule has 1 aromatic heterocycles. The van der Waals surface area contributed by atoms with E-state index in [0.29, 0.717) is 11.9 Å². The van der Waals surface area contributed by atoms with Gasteiger partial charge in [0.1, 0.15) is 5.82 Å². The largest absolute Gasteiger partial charge is 0.383 e. The van der Waals surface area contributed by atoms with Crippen molar-refractivity contribution in [1.82, 2.24) is 10.3 Å². The van der Waals surface area contributed by atoms with E-state index >= 15 is 0 Å². The summed E-state index contributed by atoms with van der Waals surface area (Å²) in [7, 11) is 0. The first-order chi connectivity index (χ1) is 8.63. The second-order valence-electron chi connectivity index (χ2n) is 5.37. The fourth-order valence-electron chi connectivity index (χ4n) is 2.05. The number of nitrogen functional groups attached to an aromatic ring is 1. The predicted octanol–water partition coefficient (Wildman–Crippen LogP) is 3.01. The standard InChI is InChI=1S/C15H27N3/c1-4-9-17-14(8-7-12(2)3)11-13-6-5-10-18-15(13)16/h5-6,10,12,14,17H,4,7-9,11H2,1-3H3,(H2,16,18). The van der Waals surface area contributed by atoms with Crippen LogP contribution in [0.25, 0.3) is 0 Å². The van der Waals surface area contributed by atoms with Gasteiger partial charge in [-0.2, -0.15) is 0 Å². The highest BCUT2D eigenvalue weighted by Crippen LogP contribution is 2.15. The maximum Gasteiger partial charge on any atom is 0.126 e. The highest BCUT2D eigenvalue weighted by Gasteiger charge is 2.11.